The van der Waals surface area contributed by atoms with Crippen molar-refractivity contribution in [3.8, 4) is 11.5 Å². The Labute approximate surface area is 111 Å². The van der Waals surface area contributed by atoms with Crippen LogP contribution in [-0.4, -0.2) is 18.6 Å². The van der Waals surface area contributed by atoms with Crippen LogP contribution < -0.4 is 0 Å². The van der Waals surface area contributed by atoms with Gasteiger partial charge in [0.15, 0.2) is 0 Å². The fraction of sp³-hybridized carbons (Fsp3) is 0.143. The lowest BCUT2D eigenvalue weighted by molar-refractivity contribution is 0.441. The summed E-state index contributed by atoms with van der Waals surface area (Å²) >= 11 is 0. The summed E-state index contributed by atoms with van der Waals surface area (Å²) < 4.78 is 24.8. The highest BCUT2D eigenvalue weighted by Crippen LogP contribution is 2.34. The summed E-state index contributed by atoms with van der Waals surface area (Å²) in [5, 5.41) is 19.4. The molecule has 2 rings (SSSR count). The lowest BCUT2D eigenvalue weighted by atomic mass is 10.2. The maximum atomic E-state index is 12.4. The predicted octanol–water partition coefficient (Wildman–Crippen LogP) is 2.55. The van der Waals surface area contributed by atoms with Gasteiger partial charge in [-0.3, -0.25) is 0 Å². The summed E-state index contributed by atoms with van der Waals surface area (Å²) in [6.07, 6.45) is 0. The van der Waals surface area contributed by atoms with Gasteiger partial charge < -0.3 is 10.2 Å². The van der Waals surface area contributed by atoms with Crippen LogP contribution in [0.1, 0.15) is 11.1 Å². The summed E-state index contributed by atoms with van der Waals surface area (Å²) in [6.45, 7) is 3.38. The van der Waals surface area contributed by atoms with Gasteiger partial charge in [0.25, 0.3) is 0 Å². The molecule has 0 saturated heterocycles. The van der Waals surface area contributed by atoms with Crippen LogP contribution in [0, 0.1) is 13.8 Å². The monoisotopic (exact) mass is 278 g/mol. The Hall–Kier alpha value is -2.01. The molecule has 0 aliphatic carbocycles. The molecule has 0 heterocycles. The van der Waals surface area contributed by atoms with E-state index in [1.807, 2.05) is 6.92 Å². The molecular formula is C14H14O4S. The van der Waals surface area contributed by atoms with E-state index in [2.05, 4.69) is 0 Å². The third-order valence-corrected chi connectivity index (χ3v) is 4.65. The van der Waals surface area contributed by atoms with E-state index in [-0.39, 0.29) is 21.3 Å². The summed E-state index contributed by atoms with van der Waals surface area (Å²) in [7, 11) is -3.84. The quantitative estimate of drug-likeness (QED) is 0.828. The first kappa shape index (κ1) is 13.4. The molecule has 4 nitrogen and oxygen atoms in total. The molecule has 0 aromatic heterocycles. The number of rotatable bonds is 2. The maximum absolute atomic E-state index is 12.4. The zero-order chi connectivity index (χ0) is 14.2. The second-order valence-corrected chi connectivity index (χ2v) is 6.34. The molecular weight excluding hydrogens is 264 g/mol. The zero-order valence-corrected chi connectivity index (χ0v) is 11.4. The van der Waals surface area contributed by atoms with Crippen molar-refractivity contribution in [1.82, 2.24) is 0 Å². The topological polar surface area (TPSA) is 74.6 Å². The van der Waals surface area contributed by atoms with Gasteiger partial charge in [-0.05, 0) is 37.6 Å². The molecule has 100 valence electrons. The Morgan fingerprint density at radius 1 is 0.947 bits per heavy atom. The van der Waals surface area contributed by atoms with Gasteiger partial charge in [-0.25, -0.2) is 8.42 Å². The molecule has 2 aromatic rings. The van der Waals surface area contributed by atoms with Gasteiger partial charge >= 0.3 is 0 Å². The number of aryl methyl sites for hydroxylation is 2. The first-order chi connectivity index (χ1) is 8.82. The van der Waals surface area contributed by atoms with Crippen molar-refractivity contribution in [1.29, 1.82) is 0 Å². The van der Waals surface area contributed by atoms with E-state index in [9.17, 15) is 18.6 Å². The standard InChI is InChI=1S/C14H14O4S/c1-9-3-5-12(6-4-9)19(17,18)13-8-11(15)7-10(2)14(13)16/h3-8,15-16H,1-2H3. The molecule has 0 spiro atoms. The van der Waals surface area contributed by atoms with Crippen LogP contribution in [0.4, 0.5) is 0 Å². The zero-order valence-electron chi connectivity index (χ0n) is 10.6. The Morgan fingerprint density at radius 2 is 1.53 bits per heavy atom. The minimum absolute atomic E-state index is 0.0819. The van der Waals surface area contributed by atoms with Gasteiger partial charge in [0.05, 0.1) is 4.90 Å². The molecule has 0 bridgehead atoms. The summed E-state index contributed by atoms with van der Waals surface area (Å²) in [5.41, 5.74) is 1.25. The normalized spacial score (nSPS) is 11.5. The van der Waals surface area contributed by atoms with Crippen LogP contribution >= 0.6 is 0 Å². The molecule has 0 amide bonds. The van der Waals surface area contributed by atoms with Crippen molar-refractivity contribution in [2.45, 2.75) is 23.6 Å². The molecule has 19 heavy (non-hydrogen) atoms. The van der Waals surface area contributed by atoms with Crippen molar-refractivity contribution >= 4 is 9.84 Å². The molecule has 0 saturated carbocycles. The maximum Gasteiger partial charge on any atom is 0.210 e. The lowest BCUT2D eigenvalue weighted by Gasteiger charge is -2.09. The highest BCUT2D eigenvalue weighted by Gasteiger charge is 2.23. The van der Waals surface area contributed by atoms with E-state index in [0.717, 1.165) is 11.6 Å². The van der Waals surface area contributed by atoms with E-state index >= 15 is 0 Å². The van der Waals surface area contributed by atoms with Gasteiger partial charge in [0, 0.05) is 6.07 Å². The lowest BCUT2D eigenvalue weighted by Crippen LogP contribution is -2.03. The predicted molar refractivity (Wildman–Crippen MR) is 71.1 cm³/mol. The molecule has 2 N–H and O–H groups in total. The molecule has 0 fully saturated rings. The van der Waals surface area contributed by atoms with Crippen LogP contribution in [0.25, 0.3) is 0 Å². The number of benzene rings is 2. The van der Waals surface area contributed by atoms with E-state index < -0.39 is 9.84 Å². The number of phenols is 2. The SMILES string of the molecule is Cc1ccc(S(=O)(=O)c2cc(O)cc(C)c2O)cc1. The second kappa shape index (κ2) is 4.59. The molecule has 5 heteroatoms. The fourth-order valence-corrected chi connectivity index (χ4v) is 3.22. The van der Waals surface area contributed by atoms with Gasteiger partial charge in [0.1, 0.15) is 16.4 Å². The number of aromatic hydroxyl groups is 2. The summed E-state index contributed by atoms with van der Waals surface area (Å²) in [6, 6.07) is 8.67. The number of sulfone groups is 1. The van der Waals surface area contributed by atoms with Crippen molar-refractivity contribution in [2.24, 2.45) is 0 Å². The fourth-order valence-electron chi connectivity index (χ4n) is 1.78. The molecule has 0 aliphatic rings. The van der Waals surface area contributed by atoms with Crippen molar-refractivity contribution < 1.29 is 18.6 Å². The molecule has 2 aromatic carbocycles. The second-order valence-electron chi connectivity index (χ2n) is 4.43. The van der Waals surface area contributed by atoms with Crippen molar-refractivity contribution in [3.63, 3.8) is 0 Å². The largest absolute Gasteiger partial charge is 0.508 e. The minimum Gasteiger partial charge on any atom is -0.508 e. The smallest absolute Gasteiger partial charge is 0.210 e. The molecule has 0 aliphatic heterocycles. The summed E-state index contributed by atoms with van der Waals surface area (Å²) in [5.74, 6) is -0.528. The third kappa shape index (κ3) is 2.42. The van der Waals surface area contributed by atoms with Crippen molar-refractivity contribution in [2.75, 3.05) is 0 Å². The molecule has 0 atom stereocenters. The highest BCUT2D eigenvalue weighted by atomic mass is 32.2. The van der Waals surface area contributed by atoms with E-state index in [0.29, 0.717) is 5.56 Å². The first-order valence-corrected chi connectivity index (χ1v) is 7.15. The van der Waals surface area contributed by atoms with Crippen LogP contribution in [-0.2, 0) is 9.84 Å². The van der Waals surface area contributed by atoms with E-state index in [1.165, 1.54) is 25.1 Å². The van der Waals surface area contributed by atoms with Gasteiger partial charge in [-0.15, -0.1) is 0 Å². The van der Waals surface area contributed by atoms with E-state index in [1.54, 1.807) is 12.1 Å². The minimum atomic E-state index is -3.84. The van der Waals surface area contributed by atoms with E-state index in [4.69, 9.17) is 0 Å². The number of hydrogen-bond donors (Lipinski definition) is 2. The summed E-state index contributed by atoms with van der Waals surface area (Å²) in [4.78, 5) is -0.202. The van der Waals surface area contributed by atoms with Crippen LogP contribution in [0.2, 0.25) is 0 Å². The van der Waals surface area contributed by atoms with Gasteiger partial charge in [-0.1, -0.05) is 17.7 Å². The number of hydrogen-bond acceptors (Lipinski definition) is 4. The van der Waals surface area contributed by atoms with Gasteiger partial charge in [-0.2, -0.15) is 0 Å². The van der Waals surface area contributed by atoms with Gasteiger partial charge in [0.2, 0.25) is 9.84 Å². The Kier molecular flexibility index (Phi) is 3.24. The third-order valence-electron chi connectivity index (χ3n) is 2.87. The van der Waals surface area contributed by atoms with Crippen LogP contribution in [0.15, 0.2) is 46.2 Å². The average molecular weight is 278 g/mol. The molecule has 0 unspecified atom stereocenters. The number of phenolic OH excluding ortho intramolecular Hbond substituents is 2. The average Bonchev–Trinajstić information content (AvgIpc) is 2.34. The van der Waals surface area contributed by atoms with Crippen LogP contribution in [0.5, 0.6) is 11.5 Å². The highest BCUT2D eigenvalue weighted by molar-refractivity contribution is 7.91. The van der Waals surface area contributed by atoms with Crippen LogP contribution in [0.3, 0.4) is 0 Å². The Balaban J connectivity index is 2.66. The Bertz CT molecular complexity index is 716. The first-order valence-electron chi connectivity index (χ1n) is 5.66. The molecule has 0 radical (unpaired) electrons. The van der Waals surface area contributed by atoms with Crippen molar-refractivity contribution in [3.05, 3.63) is 47.5 Å². The Morgan fingerprint density at radius 3 is 2.11 bits per heavy atom.